The highest BCUT2D eigenvalue weighted by molar-refractivity contribution is 6.01. The number of amides is 10. The summed E-state index contributed by atoms with van der Waals surface area (Å²) in [5.74, 6) is -0.996. The fourth-order valence-electron chi connectivity index (χ4n) is 20.0. The van der Waals surface area contributed by atoms with Crippen LogP contribution >= 0.6 is 0 Å². The van der Waals surface area contributed by atoms with Crippen molar-refractivity contribution in [3.05, 3.63) is 70.0 Å². The van der Waals surface area contributed by atoms with Gasteiger partial charge in [-0.05, 0) is 178 Å². The van der Waals surface area contributed by atoms with E-state index in [4.69, 9.17) is 50.5 Å². The maximum Gasteiger partial charge on any atom is 0.312 e. The van der Waals surface area contributed by atoms with Gasteiger partial charge in [-0.1, -0.05) is 79.4 Å². The van der Waals surface area contributed by atoms with E-state index in [1.807, 2.05) is 38.1 Å². The Morgan fingerprint density at radius 1 is 0.560 bits per heavy atom. The molecule has 38 nitrogen and oxygen atoms in total. The fraction of sp³-hybridized carbons (Fsp3) is 0.736. The summed E-state index contributed by atoms with van der Waals surface area (Å²) in [6.07, 6.45) is -5.21. The Morgan fingerprint density at radius 3 is 1.74 bits per heavy atom. The zero-order valence-electron chi connectivity index (χ0n) is 73.1. The van der Waals surface area contributed by atoms with Crippen LogP contribution in [0.3, 0.4) is 0 Å². The molecule has 2 saturated heterocycles. The maximum atomic E-state index is 15.0. The lowest BCUT2D eigenvalue weighted by molar-refractivity contribution is -0.290. The van der Waals surface area contributed by atoms with Crippen LogP contribution in [0.1, 0.15) is 186 Å². The zero-order valence-corrected chi connectivity index (χ0v) is 73.1. The van der Waals surface area contributed by atoms with Gasteiger partial charge in [0.15, 0.2) is 6.23 Å². The topological polar surface area (TPSA) is 599 Å². The summed E-state index contributed by atoms with van der Waals surface area (Å²) in [7, 11) is 0. The molecule has 10 amide bonds. The minimum absolute atomic E-state index is 0.00891. The van der Waals surface area contributed by atoms with Gasteiger partial charge in [0.05, 0.1) is 108 Å². The number of hydrazine groups is 1. The number of primary amides is 1. The van der Waals surface area contributed by atoms with Gasteiger partial charge in [0.1, 0.15) is 73.1 Å². The Morgan fingerprint density at radius 2 is 1.14 bits per heavy atom. The molecule has 25 N–H and O–H groups in total. The van der Waals surface area contributed by atoms with Crippen LogP contribution in [0.15, 0.2) is 47.8 Å². The second kappa shape index (κ2) is 47.4. The van der Waals surface area contributed by atoms with Crippen molar-refractivity contribution < 1.29 is 122 Å². The molecule has 2 unspecified atom stereocenters. The Kier molecular flexibility index (Phi) is 38.3. The molecule has 2 aromatic carbocycles. The van der Waals surface area contributed by atoms with Crippen molar-refractivity contribution >= 4 is 59.0 Å². The number of ether oxygens (including phenoxy) is 7. The number of nitrogens with one attached hydrogen (secondary N) is 10. The number of benzene rings is 2. The van der Waals surface area contributed by atoms with E-state index in [9.17, 15) is 89.1 Å². The Labute approximate surface area is 730 Å². The van der Waals surface area contributed by atoms with Crippen molar-refractivity contribution in [2.24, 2.45) is 51.8 Å². The first-order chi connectivity index (χ1) is 59.7. The van der Waals surface area contributed by atoms with E-state index in [1.54, 1.807) is 26.0 Å². The van der Waals surface area contributed by atoms with Crippen molar-refractivity contribution in [3.8, 4) is 5.75 Å². The summed E-state index contributed by atoms with van der Waals surface area (Å²) in [6, 6.07) is 4.54. The normalized spacial score (nSPS) is 29.4. The number of nitrogens with two attached hydrogens (primary N) is 3. The molecule has 2 aliphatic heterocycles. The van der Waals surface area contributed by atoms with Crippen LogP contribution in [0, 0.1) is 34.5 Å². The molecule has 0 aromatic heterocycles. The second-order valence-corrected chi connectivity index (χ2v) is 35.7. The number of aromatic hydroxyl groups is 1. The quantitative estimate of drug-likeness (QED) is 0.0163. The van der Waals surface area contributed by atoms with E-state index in [0.717, 1.165) is 42.4 Å². The fourth-order valence-corrected chi connectivity index (χ4v) is 20.0. The van der Waals surface area contributed by atoms with Gasteiger partial charge in [0.2, 0.25) is 47.3 Å². The van der Waals surface area contributed by atoms with Gasteiger partial charge >= 0.3 is 6.03 Å². The van der Waals surface area contributed by atoms with Gasteiger partial charge in [-0.3, -0.25) is 49.5 Å². The lowest BCUT2D eigenvalue weighted by Gasteiger charge is -2.56. The molecule has 38 heteroatoms. The molecular formula is C87H139N13O25. The first-order valence-corrected chi connectivity index (χ1v) is 44.5. The highest BCUT2D eigenvalue weighted by Gasteiger charge is 2.60. The van der Waals surface area contributed by atoms with Gasteiger partial charge in [0, 0.05) is 43.4 Å². The van der Waals surface area contributed by atoms with Crippen LogP contribution in [-0.2, 0) is 95.2 Å². The molecule has 2 heterocycles. The number of phenols is 1. The highest BCUT2D eigenvalue weighted by Crippen LogP contribution is 2.60. The molecular weight excluding hydrogens is 1630 g/mol. The third-order valence-corrected chi connectivity index (χ3v) is 26.9. The number of aryl methyl sites for hydroxylation is 2. The summed E-state index contributed by atoms with van der Waals surface area (Å²) in [6.45, 7) is 11.2. The number of imide groups is 1. The molecule has 0 bridgehead atoms. The third kappa shape index (κ3) is 25.6. The Balaban J connectivity index is 0.814. The number of phenolic OH excluding ortho intramolecular Hbond substituents is 1. The number of allylic oxidation sites excluding steroid dienone is 1. The monoisotopic (exact) mass is 1770 g/mol. The zero-order chi connectivity index (χ0) is 90.9. The van der Waals surface area contributed by atoms with Crippen molar-refractivity contribution in [1.82, 2.24) is 48.0 Å². The second-order valence-electron chi connectivity index (χ2n) is 35.7. The van der Waals surface area contributed by atoms with Crippen LogP contribution in [0.4, 0.5) is 10.5 Å². The van der Waals surface area contributed by atoms with Crippen LogP contribution in [-0.4, -0.2) is 283 Å². The van der Waals surface area contributed by atoms with E-state index < -0.39 is 181 Å². The lowest BCUT2D eigenvalue weighted by Crippen LogP contribution is -2.68. The number of carbonyl (C=O) groups is 9. The van der Waals surface area contributed by atoms with E-state index in [0.29, 0.717) is 121 Å². The predicted molar refractivity (Wildman–Crippen MR) is 454 cm³/mol. The number of aliphatic hydroxyl groups excluding tert-OH is 8. The predicted octanol–water partition coefficient (Wildman–Crippen LogP) is -1.06. The number of hydrogen-bond acceptors (Lipinski definition) is 29. The van der Waals surface area contributed by atoms with E-state index in [1.165, 1.54) is 5.56 Å². The molecule has 125 heavy (non-hydrogen) atoms. The summed E-state index contributed by atoms with van der Waals surface area (Å²) in [5.41, 5.74) is 15.9. The number of carbonyl (C=O) groups excluding carboxylic acids is 9. The van der Waals surface area contributed by atoms with Gasteiger partial charge < -0.3 is 139 Å². The molecule has 702 valence electrons. The van der Waals surface area contributed by atoms with Gasteiger partial charge in [-0.25, -0.2) is 4.79 Å². The van der Waals surface area contributed by atoms with E-state index in [-0.39, 0.29) is 113 Å². The summed E-state index contributed by atoms with van der Waals surface area (Å²) in [5, 5.41) is 122. The Bertz CT molecular complexity index is 3960. The number of fused-ring (bicyclic) bond motifs is 6. The molecule has 4 fully saturated rings. The average Bonchev–Trinajstić information content (AvgIpc) is 0.738. The van der Waals surface area contributed by atoms with Gasteiger partial charge in [-0.2, -0.15) is 0 Å². The number of urea groups is 1. The molecule has 0 radical (unpaired) electrons. The SMILES string of the molecule is CC(C)[C@H](NC(=O)[C@@H](CCCCNC(=O)COC1CCCCCC(N[C@H]2O[C@H](CO)C([C@H]3O[C@H](CO)[C@@H](O)[C@H](O)[C@H]3O)[C@H](O)[C@H]2O)=C1NN)NC(=O)CCOCCOCCOCCOCCN)C(=O)N[C@@H](CCCNC(N)=O)C(=O)N[C@@H](CO)C(=O)Nc1ccc2c(c1)[C@@]1(C)CCC[C@](C)(C(=O)NC(=O)[C@@]3(C)CCC[C@]4(C)c5cc(O)ccc5CC[C@@H]34)[C@@H]1CC2. The third-order valence-electron chi connectivity index (χ3n) is 26.9. The van der Waals surface area contributed by atoms with Crippen LogP contribution in [0.5, 0.6) is 5.75 Å². The van der Waals surface area contributed by atoms with Crippen molar-refractivity contribution in [2.45, 2.75) is 273 Å². The minimum Gasteiger partial charge on any atom is -0.508 e. The molecule has 5 aliphatic carbocycles. The molecule has 7 aliphatic rings. The minimum atomic E-state index is -1.81. The summed E-state index contributed by atoms with van der Waals surface area (Å²) < 4.78 is 39.9. The molecule has 21 atom stereocenters. The van der Waals surface area contributed by atoms with E-state index in [2.05, 4.69) is 67.1 Å². The molecule has 2 aromatic rings. The largest absolute Gasteiger partial charge is 0.508 e. The number of hydrogen-bond donors (Lipinski definition) is 22. The molecule has 2 saturated carbocycles. The smallest absolute Gasteiger partial charge is 0.312 e. The van der Waals surface area contributed by atoms with Gasteiger partial charge in [0.25, 0.3) is 0 Å². The highest BCUT2D eigenvalue weighted by atomic mass is 16.6. The molecule has 0 spiro atoms. The number of aliphatic hydroxyl groups is 8. The molecule has 9 rings (SSSR count). The van der Waals surface area contributed by atoms with Crippen LogP contribution in [0.25, 0.3) is 0 Å². The van der Waals surface area contributed by atoms with E-state index >= 15 is 0 Å². The number of rotatable bonds is 45. The lowest BCUT2D eigenvalue weighted by atomic mass is 9.49. The van der Waals surface area contributed by atoms with Crippen LogP contribution < -0.4 is 70.6 Å². The first-order valence-electron chi connectivity index (χ1n) is 44.5. The van der Waals surface area contributed by atoms with Crippen LogP contribution in [0.2, 0.25) is 0 Å². The summed E-state index contributed by atoms with van der Waals surface area (Å²) in [4.78, 5) is 127. The van der Waals surface area contributed by atoms with Crippen molar-refractivity contribution in [3.63, 3.8) is 0 Å². The van der Waals surface area contributed by atoms with Crippen molar-refractivity contribution in [1.29, 1.82) is 0 Å². The summed E-state index contributed by atoms with van der Waals surface area (Å²) >= 11 is 0. The maximum absolute atomic E-state index is 15.0. The number of unbranched alkanes of at least 4 members (excludes halogenated alkanes) is 1. The number of anilines is 1. The average molecular weight is 1770 g/mol. The van der Waals surface area contributed by atoms with Crippen molar-refractivity contribution in [2.75, 3.05) is 104 Å². The Hall–Kier alpha value is -7.87. The first kappa shape index (κ1) is 101. The standard InChI is InChI=1S/C87H139N13O25/c1-49(2)68(79(115)95-58(17-12-34-92-83(89)118)76(112)96-59(45-101)78(114)93-52-23-19-50-21-25-63-84(3,54(50)43-52)28-13-30-86(63,5)81(116)99-82(117)87(6)31-14-29-85(4)55-44-53(104)24-20-51(55)22-26-64(85)87)98-77(113)57(94-65(105)27-35-119-37-39-121-41-42-122-40-38-120-36-32-88)16-10-11-33-91-66(106)48-123-60-18-9-7-8-15-56(69(60)100-90)97-80-74(111)71(108)67(61(46-102)125-80)75-73(110)72(109)70(107)62(47-103)124-75/h19-20,23-24,43-44,49,57-64,67-68,70-75,80,97,100-104,107-111H,7-18,21-22,25-42,45-48,88,90H2,1-6H3,(H,91,106)(H,93,114)(H,94,105)(H,95,115)(H,96,112)(H,98,113)(H3,89,92,118)(H,99,116,117)/t57-,58+,59+,60?,61-,62-,63-,64-,67?,68+,70-,71+,72+,73-,74-,75-,80+,84-,85-,86+,87+/m1/s1. The van der Waals surface area contributed by atoms with Gasteiger partial charge in [-0.15, -0.1) is 0 Å².